The molecule has 1 aromatic carbocycles. The van der Waals surface area contributed by atoms with Gasteiger partial charge in [-0.25, -0.2) is 4.79 Å². The molecule has 1 rings (SSSR count). The van der Waals surface area contributed by atoms with E-state index >= 15 is 0 Å². The third kappa shape index (κ3) is 9.20. The number of nitrogens with one attached hydrogen (secondary N) is 2. The summed E-state index contributed by atoms with van der Waals surface area (Å²) in [5.41, 5.74) is 0.898. The van der Waals surface area contributed by atoms with E-state index in [1.54, 1.807) is 0 Å². The van der Waals surface area contributed by atoms with E-state index in [9.17, 15) is 14.4 Å². The first-order chi connectivity index (χ1) is 15.8. The molecule has 0 aliphatic heterocycles. The van der Waals surface area contributed by atoms with Crippen LogP contribution in [-0.2, 0) is 30.0 Å². The van der Waals surface area contributed by atoms with Crippen molar-refractivity contribution in [3.63, 3.8) is 0 Å². The number of ether oxygens (including phenoxy) is 1. The second kappa shape index (κ2) is 11.8. The molecule has 9 heteroatoms. The number of rotatable bonds is 10. The fraction of sp³-hybridized carbons (Fsp3) is 0.654. The van der Waals surface area contributed by atoms with Crippen molar-refractivity contribution in [1.82, 2.24) is 10.3 Å². The summed E-state index contributed by atoms with van der Waals surface area (Å²) < 4.78 is 10.9. The Labute approximate surface area is 214 Å². The first-order valence-electron chi connectivity index (χ1n) is 12.2. The fourth-order valence-electron chi connectivity index (χ4n) is 2.97. The summed E-state index contributed by atoms with van der Waals surface area (Å²) >= 11 is 0. The largest absolute Gasteiger partial charge is 0.519 e. The van der Waals surface area contributed by atoms with Gasteiger partial charge in [0.25, 0.3) is 14.3 Å². The molecule has 0 aromatic heterocycles. The number of hydrogen-bond donors (Lipinski definition) is 2. The van der Waals surface area contributed by atoms with E-state index in [-0.39, 0.29) is 16.5 Å². The highest BCUT2D eigenvalue weighted by atomic mass is 28.4. The molecule has 0 radical (unpaired) electrons. The summed E-state index contributed by atoms with van der Waals surface area (Å²) in [5.74, 6) is -1.34. The lowest BCUT2D eigenvalue weighted by Crippen LogP contribution is -2.62. The average Bonchev–Trinajstić information content (AvgIpc) is 2.70. The van der Waals surface area contributed by atoms with Crippen molar-refractivity contribution in [2.24, 2.45) is 0 Å². The molecule has 0 bridgehead atoms. The van der Waals surface area contributed by atoms with E-state index in [0.29, 0.717) is 6.42 Å². The summed E-state index contributed by atoms with van der Waals surface area (Å²) in [5, 5.41) is 2.63. The molecule has 7 nitrogen and oxygen atoms in total. The van der Waals surface area contributed by atoms with E-state index in [0.717, 1.165) is 5.56 Å². The smallest absolute Gasteiger partial charge is 0.328 e. The molecule has 1 aromatic rings. The molecular formula is C26H46N2O5Si2. The summed E-state index contributed by atoms with van der Waals surface area (Å²) in [6, 6.07) is 7.75. The highest BCUT2D eigenvalue weighted by Crippen LogP contribution is 2.37. The van der Waals surface area contributed by atoms with Crippen molar-refractivity contribution < 1.29 is 23.5 Å². The van der Waals surface area contributed by atoms with Crippen molar-refractivity contribution in [1.29, 1.82) is 0 Å². The van der Waals surface area contributed by atoms with E-state index in [1.165, 1.54) is 7.11 Å². The van der Waals surface area contributed by atoms with Crippen LogP contribution in [0, 0.1) is 0 Å². The molecule has 2 atom stereocenters. The van der Waals surface area contributed by atoms with E-state index < -0.39 is 46.5 Å². The van der Waals surface area contributed by atoms with Gasteiger partial charge >= 0.3 is 5.97 Å². The SMILES string of the molecule is COC(=O)C(Cc1ccccc1)NC(=O)C(CC(=O)O[Si](C)(C)C(C)(C)C)N[Si](C)(C)C(C)(C)C. The van der Waals surface area contributed by atoms with Crippen molar-refractivity contribution >= 4 is 34.4 Å². The van der Waals surface area contributed by atoms with Gasteiger partial charge in [0.2, 0.25) is 5.91 Å². The maximum atomic E-state index is 13.5. The van der Waals surface area contributed by atoms with E-state index in [4.69, 9.17) is 9.16 Å². The summed E-state index contributed by atoms with van der Waals surface area (Å²) in [4.78, 5) is 42.6. The highest BCUT2D eigenvalue weighted by molar-refractivity contribution is 6.78. The van der Waals surface area contributed by atoms with Crippen LogP contribution in [0.2, 0.25) is 36.3 Å². The van der Waals surface area contributed by atoms with Gasteiger partial charge in [0, 0.05) is 6.42 Å². The molecule has 0 heterocycles. The van der Waals surface area contributed by atoms with Crippen LogP contribution in [0.4, 0.5) is 0 Å². The van der Waals surface area contributed by atoms with E-state index in [2.05, 4.69) is 64.9 Å². The molecule has 0 aliphatic rings. The predicted molar refractivity (Wildman–Crippen MR) is 146 cm³/mol. The lowest BCUT2D eigenvalue weighted by atomic mass is 10.1. The lowest BCUT2D eigenvalue weighted by Gasteiger charge is -2.40. The second-order valence-electron chi connectivity index (χ2n) is 12.3. The van der Waals surface area contributed by atoms with Crippen LogP contribution in [0.3, 0.4) is 0 Å². The summed E-state index contributed by atoms with van der Waals surface area (Å²) in [6.45, 7) is 20.9. The number of amides is 1. The van der Waals surface area contributed by atoms with Crippen LogP contribution >= 0.6 is 0 Å². The molecule has 1 amide bonds. The summed E-state index contributed by atoms with van der Waals surface area (Å²) in [7, 11) is -3.22. The zero-order valence-corrected chi connectivity index (χ0v) is 25.5. The standard InChI is InChI=1S/C26H46N2O5Si2/c1-25(2,3)34(8,9)28-20(18-22(29)33-35(10,11)26(4,5)6)23(30)27-21(24(31)32-7)17-19-15-13-12-14-16-19/h12-16,20-21,28H,17-18H2,1-11H3,(H,27,30). The topological polar surface area (TPSA) is 93.7 Å². The first kappa shape index (κ1) is 31.1. The maximum Gasteiger partial charge on any atom is 0.328 e. The Morgan fingerprint density at radius 3 is 1.89 bits per heavy atom. The fourth-order valence-corrected chi connectivity index (χ4v) is 5.46. The van der Waals surface area contributed by atoms with Crippen molar-refractivity contribution in [2.75, 3.05) is 7.11 Å². The average molecular weight is 523 g/mol. The van der Waals surface area contributed by atoms with Gasteiger partial charge in [-0.3, -0.25) is 9.59 Å². The number of benzene rings is 1. The molecular weight excluding hydrogens is 476 g/mol. The minimum absolute atomic E-state index is 0.0688. The van der Waals surface area contributed by atoms with Gasteiger partial charge in [0.15, 0.2) is 0 Å². The number of carbonyl (C=O) groups excluding carboxylic acids is 3. The number of methoxy groups -OCH3 is 1. The Balaban J connectivity index is 3.18. The minimum Gasteiger partial charge on any atom is -0.519 e. The quantitative estimate of drug-likeness (QED) is 0.339. The predicted octanol–water partition coefficient (Wildman–Crippen LogP) is 4.79. The van der Waals surface area contributed by atoms with Crippen LogP contribution in [0.5, 0.6) is 0 Å². The first-order valence-corrected chi connectivity index (χ1v) is 18.1. The van der Waals surface area contributed by atoms with Gasteiger partial charge < -0.3 is 19.5 Å². The van der Waals surface area contributed by atoms with Gasteiger partial charge in [-0.1, -0.05) is 85.0 Å². The molecule has 2 N–H and O–H groups in total. The van der Waals surface area contributed by atoms with Gasteiger partial charge in [-0.2, -0.15) is 0 Å². The molecule has 0 saturated carbocycles. The van der Waals surface area contributed by atoms with Crippen LogP contribution in [-0.4, -0.2) is 53.6 Å². The second-order valence-corrected chi connectivity index (χ2v) is 22.0. The number of carbonyl (C=O) groups is 3. The molecule has 198 valence electrons. The Morgan fingerprint density at radius 1 is 0.886 bits per heavy atom. The van der Waals surface area contributed by atoms with Gasteiger partial charge in [-0.15, -0.1) is 0 Å². The van der Waals surface area contributed by atoms with Crippen LogP contribution < -0.4 is 10.3 Å². The number of hydrogen-bond acceptors (Lipinski definition) is 6. The maximum absolute atomic E-state index is 13.5. The Morgan fingerprint density at radius 2 is 1.43 bits per heavy atom. The van der Waals surface area contributed by atoms with E-state index in [1.807, 2.05) is 43.4 Å². The van der Waals surface area contributed by atoms with Gasteiger partial charge in [0.1, 0.15) is 14.3 Å². The van der Waals surface area contributed by atoms with Crippen molar-refractivity contribution in [3.05, 3.63) is 35.9 Å². The Kier molecular flexibility index (Phi) is 10.5. The third-order valence-electron chi connectivity index (χ3n) is 7.36. The highest BCUT2D eigenvalue weighted by Gasteiger charge is 2.43. The number of esters is 1. The van der Waals surface area contributed by atoms with Crippen LogP contribution in [0.15, 0.2) is 30.3 Å². The van der Waals surface area contributed by atoms with Crippen LogP contribution in [0.25, 0.3) is 0 Å². The van der Waals surface area contributed by atoms with Gasteiger partial charge in [-0.05, 0) is 28.7 Å². The molecule has 0 saturated heterocycles. The third-order valence-corrected chi connectivity index (χ3v) is 16.5. The minimum atomic E-state index is -2.34. The normalized spacial score (nSPS) is 14.6. The Hall–Kier alpha value is -1.98. The monoisotopic (exact) mass is 522 g/mol. The Bertz CT molecular complexity index is 874. The zero-order valence-electron chi connectivity index (χ0n) is 23.5. The van der Waals surface area contributed by atoms with Gasteiger partial charge in [0.05, 0.1) is 19.6 Å². The van der Waals surface area contributed by atoms with Crippen LogP contribution in [0.1, 0.15) is 53.5 Å². The molecule has 2 unspecified atom stereocenters. The van der Waals surface area contributed by atoms with Crippen molar-refractivity contribution in [3.8, 4) is 0 Å². The molecule has 0 spiro atoms. The molecule has 0 fully saturated rings. The molecule has 0 aliphatic carbocycles. The zero-order chi connectivity index (χ0) is 27.2. The summed E-state index contributed by atoms with van der Waals surface area (Å²) in [6.07, 6.45) is 0.185. The lowest BCUT2D eigenvalue weighted by molar-refractivity contribution is -0.145. The molecule has 35 heavy (non-hydrogen) atoms. The van der Waals surface area contributed by atoms with Crippen molar-refractivity contribution in [2.45, 2.75) is 103 Å².